The van der Waals surface area contributed by atoms with Gasteiger partial charge in [0, 0.05) is 9.50 Å². The number of hydrogen-bond acceptors (Lipinski definition) is 2. The van der Waals surface area contributed by atoms with Gasteiger partial charge in [0.15, 0.2) is 0 Å². The SMILES string of the molecule is Cc1nc(NC(=O)Nc2cc(Cl)ccc2Cl)ccc1Br. The van der Waals surface area contributed by atoms with Crippen molar-refractivity contribution < 1.29 is 4.79 Å². The zero-order valence-electron chi connectivity index (χ0n) is 10.4. The fraction of sp³-hybridized carbons (Fsp3) is 0.0769. The molecule has 0 radical (unpaired) electrons. The molecule has 4 nitrogen and oxygen atoms in total. The first kappa shape index (κ1) is 15.1. The molecule has 7 heteroatoms. The number of pyridine rings is 1. The van der Waals surface area contributed by atoms with Gasteiger partial charge < -0.3 is 5.32 Å². The summed E-state index contributed by atoms with van der Waals surface area (Å²) in [6.45, 7) is 1.83. The van der Waals surface area contributed by atoms with Crippen molar-refractivity contribution in [1.29, 1.82) is 0 Å². The van der Waals surface area contributed by atoms with Crippen LogP contribution in [0.5, 0.6) is 0 Å². The van der Waals surface area contributed by atoms with Gasteiger partial charge in [0.1, 0.15) is 5.82 Å². The second kappa shape index (κ2) is 6.43. The topological polar surface area (TPSA) is 54.0 Å². The van der Waals surface area contributed by atoms with Crippen LogP contribution >= 0.6 is 39.1 Å². The van der Waals surface area contributed by atoms with Crippen molar-refractivity contribution in [3.05, 3.63) is 50.5 Å². The summed E-state index contributed by atoms with van der Waals surface area (Å²) in [5, 5.41) is 6.13. The number of anilines is 2. The third kappa shape index (κ3) is 3.85. The Kier molecular flexibility index (Phi) is 4.86. The van der Waals surface area contributed by atoms with E-state index in [0.29, 0.717) is 21.6 Å². The summed E-state index contributed by atoms with van der Waals surface area (Å²) in [7, 11) is 0. The Balaban J connectivity index is 2.09. The Morgan fingerprint density at radius 3 is 2.65 bits per heavy atom. The predicted octanol–water partition coefficient (Wildman–Crippen LogP) is 5.10. The molecule has 0 spiro atoms. The van der Waals surface area contributed by atoms with Gasteiger partial charge in [-0.05, 0) is 53.2 Å². The van der Waals surface area contributed by atoms with Crippen LogP contribution in [0.3, 0.4) is 0 Å². The molecule has 0 saturated carbocycles. The second-order valence-corrected chi connectivity index (χ2v) is 5.66. The van der Waals surface area contributed by atoms with E-state index in [1.54, 1.807) is 24.3 Å². The zero-order valence-corrected chi connectivity index (χ0v) is 13.5. The summed E-state index contributed by atoms with van der Waals surface area (Å²) in [6.07, 6.45) is 0. The highest BCUT2D eigenvalue weighted by atomic mass is 79.9. The molecule has 2 rings (SSSR count). The Morgan fingerprint density at radius 2 is 1.95 bits per heavy atom. The Labute approximate surface area is 134 Å². The van der Waals surface area contributed by atoms with Gasteiger partial charge in [-0.2, -0.15) is 0 Å². The first-order valence-electron chi connectivity index (χ1n) is 5.62. The van der Waals surface area contributed by atoms with Crippen molar-refractivity contribution in [2.24, 2.45) is 0 Å². The van der Waals surface area contributed by atoms with Gasteiger partial charge >= 0.3 is 6.03 Å². The Hall–Kier alpha value is -1.30. The Morgan fingerprint density at radius 1 is 1.20 bits per heavy atom. The first-order chi connectivity index (χ1) is 9.45. The van der Waals surface area contributed by atoms with Crippen LogP contribution in [0.2, 0.25) is 10.0 Å². The first-order valence-corrected chi connectivity index (χ1v) is 7.17. The van der Waals surface area contributed by atoms with Gasteiger partial charge in [0.2, 0.25) is 0 Å². The highest BCUT2D eigenvalue weighted by molar-refractivity contribution is 9.10. The largest absolute Gasteiger partial charge is 0.324 e. The molecular formula is C13H10BrCl2N3O. The van der Waals surface area contributed by atoms with Crippen LogP contribution in [0.1, 0.15) is 5.69 Å². The number of amides is 2. The molecule has 0 atom stereocenters. The van der Waals surface area contributed by atoms with Crippen LogP contribution in [0.25, 0.3) is 0 Å². The van der Waals surface area contributed by atoms with E-state index in [2.05, 4.69) is 31.5 Å². The van der Waals surface area contributed by atoms with Gasteiger partial charge in [-0.25, -0.2) is 9.78 Å². The lowest BCUT2D eigenvalue weighted by Crippen LogP contribution is -2.20. The minimum absolute atomic E-state index is 0.407. The lowest BCUT2D eigenvalue weighted by molar-refractivity contribution is 0.262. The molecule has 1 aromatic carbocycles. The number of nitrogens with one attached hydrogen (secondary N) is 2. The fourth-order valence-electron chi connectivity index (χ4n) is 1.48. The smallest absolute Gasteiger partial charge is 0.306 e. The third-order valence-electron chi connectivity index (χ3n) is 2.44. The second-order valence-electron chi connectivity index (χ2n) is 3.97. The summed E-state index contributed by atoms with van der Waals surface area (Å²) in [5.74, 6) is 0.446. The van der Waals surface area contributed by atoms with Gasteiger partial charge in [0.05, 0.1) is 16.4 Å². The molecule has 2 N–H and O–H groups in total. The standard InChI is InChI=1S/C13H10BrCl2N3O/c1-7-9(14)3-5-12(17-7)19-13(20)18-11-6-8(15)2-4-10(11)16/h2-6H,1H3,(H2,17,18,19,20). The lowest BCUT2D eigenvalue weighted by Gasteiger charge is -2.09. The van der Waals surface area contributed by atoms with E-state index >= 15 is 0 Å². The molecule has 20 heavy (non-hydrogen) atoms. The van der Waals surface area contributed by atoms with Crippen LogP contribution in [0.4, 0.5) is 16.3 Å². The van der Waals surface area contributed by atoms with E-state index in [0.717, 1.165) is 10.2 Å². The molecule has 0 aliphatic rings. The number of hydrogen-bond donors (Lipinski definition) is 2. The number of carbonyl (C=O) groups is 1. The minimum atomic E-state index is -0.441. The molecule has 0 saturated heterocycles. The summed E-state index contributed by atoms with van der Waals surface area (Å²) >= 11 is 15.2. The number of benzene rings is 1. The van der Waals surface area contributed by atoms with Gasteiger partial charge in [-0.1, -0.05) is 23.2 Å². The average Bonchev–Trinajstić information content (AvgIpc) is 2.38. The number of aryl methyl sites for hydroxylation is 1. The molecular weight excluding hydrogens is 365 g/mol. The highest BCUT2D eigenvalue weighted by Gasteiger charge is 2.08. The number of urea groups is 1. The van der Waals surface area contributed by atoms with E-state index in [1.165, 1.54) is 0 Å². The molecule has 2 aromatic rings. The normalized spacial score (nSPS) is 10.2. The maximum Gasteiger partial charge on any atom is 0.324 e. The van der Waals surface area contributed by atoms with Crippen LogP contribution in [0, 0.1) is 6.92 Å². The quantitative estimate of drug-likeness (QED) is 0.767. The molecule has 104 valence electrons. The third-order valence-corrected chi connectivity index (χ3v) is 3.84. The number of nitrogens with zero attached hydrogens (tertiary/aromatic N) is 1. The number of halogens is 3. The zero-order chi connectivity index (χ0) is 14.7. The average molecular weight is 375 g/mol. The van der Waals surface area contributed by atoms with E-state index in [1.807, 2.05) is 13.0 Å². The molecule has 1 heterocycles. The van der Waals surface area contributed by atoms with Crippen LogP contribution in [-0.4, -0.2) is 11.0 Å². The van der Waals surface area contributed by atoms with Gasteiger partial charge in [-0.3, -0.25) is 5.32 Å². The van der Waals surface area contributed by atoms with Crippen LogP contribution in [-0.2, 0) is 0 Å². The number of aromatic nitrogens is 1. The molecule has 0 unspecified atom stereocenters. The molecule has 2 amide bonds. The summed E-state index contributed by atoms with van der Waals surface area (Å²) < 4.78 is 0.876. The van der Waals surface area contributed by atoms with Crippen molar-refractivity contribution in [3.8, 4) is 0 Å². The molecule has 0 aliphatic carbocycles. The van der Waals surface area contributed by atoms with Crippen molar-refractivity contribution in [3.63, 3.8) is 0 Å². The predicted molar refractivity (Wildman–Crippen MR) is 85.8 cm³/mol. The van der Waals surface area contributed by atoms with Crippen molar-refractivity contribution in [1.82, 2.24) is 4.98 Å². The molecule has 0 bridgehead atoms. The molecule has 0 aliphatic heterocycles. The highest BCUT2D eigenvalue weighted by Crippen LogP contribution is 2.25. The minimum Gasteiger partial charge on any atom is -0.306 e. The fourth-order valence-corrected chi connectivity index (χ4v) is 2.03. The lowest BCUT2D eigenvalue weighted by atomic mass is 10.3. The number of carbonyl (C=O) groups excluding carboxylic acids is 1. The van der Waals surface area contributed by atoms with Crippen LogP contribution < -0.4 is 10.6 Å². The van der Waals surface area contributed by atoms with E-state index in [4.69, 9.17) is 23.2 Å². The van der Waals surface area contributed by atoms with Gasteiger partial charge in [0.25, 0.3) is 0 Å². The summed E-state index contributed by atoms with van der Waals surface area (Å²) in [6, 6.07) is 7.89. The van der Waals surface area contributed by atoms with Crippen molar-refractivity contribution >= 4 is 56.7 Å². The monoisotopic (exact) mass is 373 g/mol. The number of rotatable bonds is 2. The Bertz CT molecular complexity index is 664. The maximum atomic E-state index is 11.9. The summed E-state index contributed by atoms with van der Waals surface area (Å²) in [4.78, 5) is 16.1. The molecule has 0 fully saturated rings. The van der Waals surface area contributed by atoms with Crippen LogP contribution in [0.15, 0.2) is 34.8 Å². The van der Waals surface area contributed by atoms with E-state index in [-0.39, 0.29) is 0 Å². The van der Waals surface area contributed by atoms with Gasteiger partial charge in [-0.15, -0.1) is 0 Å². The summed E-state index contributed by atoms with van der Waals surface area (Å²) in [5.41, 5.74) is 1.22. The van der Waals surface area contributed by atoms with Crippen molar-refractivity contribution in [2.75, 3.05) is 10.6 Å². The molecule has 1 aromatic heterocycles. The van der Waals surface area contributed by atoms with Crippen molar-refractivity contribution in [2.45, 2.75) is 6.92 Å². The maximum absolute atomic E-state index is 11.9. The van der Waals surface area contributed by atoms with E-state index in [9.17, 15) is 4.79 Å². The van der Waals surface area contributed by atoms with E-state index < -0.39 is 6.03 Å².